The van der Waals surface area contributed by atoms with Crippen LogP contribution in [0.1, 0.15) is 5.56 Å². The average molecular weight is 383 g/mol. The fourth-order valence-electron chi connectivity index (χ4n) is 2.32. The zero-order valence-electron chi connectivity index (χ0n) is 14.5. The van der Waals surface area contributed by atoms with Gasteiger partial charge in [0, 0.05) is 6.07 Å². The molecule has 1 aliphatic rings. The van der Waals surface area contributed by atoms with Gasteiger partial charge in [-0.25, -0.2) is 4.99 Å². The normalized spacial score (nSPS) is 16.4. The summed E-state index contributed by atoms with van der Waals surface area (Å²) in [7, 11) is 1.58. The minimum atomic E-state index is -0.549. The number of hydrogen-bond acceptors (Lipinski definition) is 6. The molecule has 8 heteroatoms. The number of thioether (sulfide) groups is 1. The molecule has 0 saturated carbocycles. The first kappa shape index (κ1) is 18.5. The molecule has 1 heterocycles. The van der Waals surface area contributed by atoms with Crippen molar-refractivity contribution in [1.82, 2.24) is 5.32 Å². The number of nitrogens with zero attached hydrogens (tertiary/aromatic N) is 1. The van der Waals surface area contributed by atoms with Crippen LogP contribution < -0.4 is 20.5 Å². The van der Waals surface area contributed by atoms with Crippen molar-refractivity contribution in [3.05, 3.63) is 59.0 Å². The van der Waals surface area contributed by atoms with Crippen LogP contribution in [0.3, 0.4) is 0 Å². The van der Waals surface area contributed by atoms with E-state index < -0.39 is 5.91 Å². The van der Waals surface area contributed by atoms with E-state index in [0.717, 1.165) is 17.3 Å². The van der Waals surface area contributed by atoms with Crippen LogP contribution in [0.5, 0.6) is 11.5 Å². The summed E-state index contributed by atoms with van der Waals surface area (Å²) in [5.74, 6) is 1.10. The molecule has 2 amide bonds. The fraction of sp³-hybridized carbons (Fsp3) is 0.105. The molecule has 0 unspecified atom stereocenters. The molecular formula is C19H17N3O4S. The summed E-state index contributed by atoms with van der Waals surface area (Å²) in [5.41, 5.74) is 6.55. The van der Waals surface area contributed by atoms with Crippen LogP contribution in [-0.4, -0.2) is 30.7 Å². The van der Waals surface area contributed by atoms with E-state index in [4.69, 9.17) is 15.2 Å². The van der Waals surface area contributed by atoms with Crippen molar-refractivity contribution >= 4 is 40.5 Å². The number of hydrogen-bond donors (Lipinski definition) is 2. The summed E-state index contributed by atoms with van der Waals surface area (Å²) in [6.45, 7) is -0.197. The molecular weight excluding hydrogens is 366 g/mol. The molecule has 27 heavy (non-hydrogen) atoms. The molecule has 1 aliphatic heterocycles. The topological polar surface area (TPSA) is 103 Å². The number of carbonyl (C=O) groups is 2. The Balaban J connectivity index is 1.87. The number of nitrogens with one attached hydrogen (secondary N) is 1. The van der Waals surface area contributed by atoms with Crippen molar-refractivity contribution in [1.29, 1.82) is 0 Å². The maximum atomic E-state index is 11.8. The van der Waals surface area contributed by atoms with E-state index in [1.54, 1.807) is 31.4 Å². The first-order chi connectivity index (χ1) is 13.0. The molecule has 3 rings (SSSR count). The molecule has 2 aromatic carbocycles. The third kappa shape index (κ3) is 5.11. The highest BCUT2D eigenvalue weighted by Gasteiger charge is 2.23. The van der Waals surface area contributed by atoms with Gasteiger partial charge in [-0.05, 0) is 47.7 Å². The van der Waals surface area contributed by atoms with Gasteiger partial charge in [0.05, 0.1) is 17.7 Å². The van der Waals surface area contributed by atoms with Gasteiger partial charge in [-0.15, -0.1) is 0 Å². The number of rotatable bonds is 6. The minimum absolute atomic E-state index is 0.197. The molecule has 0 radical (unpaired) electrons. The largest absolute Gasteiger partial charge is 0.497 e. The van der Waals surface area contributed by atoms with Crippen molar-refractivity contribution in [3.8, 4) is 11.5 Å². The van der Waals surface area contributed by atoms with Crippen LogP contribution in [0.4, 0.5) is 10.5 Å². The number of aliphatic imine (C=N–C) groups is 1. The number of primary amides is 1. The van der Waals surface area contributed by atoms with Gasteiger partial charge in [0.1, 0.15) is 17.3 Å². The quantitative estimate of drug-likeness (QED) is 0.798. The van der Waals surface area contributed by atoms with E-state index in [1.807, 2.05) is 30.3 Å². The maximum absolute atomic E-state index is 11.8. The predicted octanol–water partition coefficient (Wildman–Crippen LogP) is 3.09. The van der Waals surface area contributed by atoms with E-state index in [0.29, 0.717) is 27.9 Å². The third-order valence-electron chi connectivity index (χ3n) is 3.49. The van der Waals surface area contributed by atoms with Gasteiger partial charge in [-0.1, -0.05) is 18.2 Å². The summed E-state index contributed by atoms with van der Waals surface area (Å²) in [5, 5.41) is 2.53. The van der Waals surface area contributed by atoms with Gasteiger partial charge in [0.25, 0.3) is 11.1 Å². The lowest BCUT2D eigenvalue weighted by molar-refractivity contribution is -0.119. The second-order valence-corrected chi connectivity index (χ2v) is 6.53. The standard InChI is InChI=1S/C19H17N3O4S/c1-25-14-6-3-5-13(10-14)21-18-16(27-19(24)22-18)9-12-4-2-7-15(8-12)26-11-17(20)23/h2-10H,11H2,1H3,(H2,20,23)(H,21,22,24). The molecule has 0 spiro atoms. The Hall–Kier alpha value is -3.26. The van der Waals surface area contributed by atoms with Crippen LogP contribution in [0, 0.1) is 0 Å². The molecule has 7 nitrogen and oxygen atoms in total. The molecule has 0 aromatic heterocycles. The lowest BCUT2D eigenvalue weighted by Gasteiger charge is -2.05. The Labute approximate surface area is 160 Å². The van der Waals surface area contributed by atoms with Crippen LogP contribution in [0.2, 0.25) is 0 Å². The number of amides is 2. The van der Waals surface area contributed by atoms with Gasteiger partial charge >= 0.3 is 0 Å². The SMILES string of the molecule is COc1cccc(N=C2NC(=O)SC2=Cc2cccc(OCC(N)=O)c2)c1. The number of nitrogens with two attached hydrogens (primary N) is 1. The van der Waals surface area contributed by atoms with Gasteiger partial charge in [-0.3, -0.25) is 9.59 Å². The van der Waals surface area contributed by atoms with Crippen molar-refractivity contribution in [2.45, 2.75) is 0 Å². The number of benzene rings is 2. The smallest absolute Gasteiger partial charge is 0.289 e. The van der Waals surface area contributed by atoms with E-state index >= 15 is 0 Å². The second kappa shape index (κ2) is 8.41. The van der Waals surface area contributed by atoms with Gasteiger partial charge in [-0.2, -0.15) is 0 Å². The van der Waals surface area contributed by atoms with Crippen LogP contribution >= 0.6 is 11.8 Å². The van der Waals surface area contributed by atoms with Crippen LogP contribution in [0.15, 0.2) is 58.4 Å². The molecule has 0 atom stereocenters. The second-order valence-electron chi connectivity index (χ2n) is 5.51. The average Bonchev–Trinajstić information content (AvgIpc) is 2.99. The Morgan fingerprint density at radius 2 is 2.00 bits per heavy atom. The molecule has 0 bridgehead atoms. The number of amidine groups is 1. The highest BCUT2D eigenvalue weighted by molar-refractivity contribution is 8.18. The molecule has 138 valence electrons. The Morgan fingerprint density at radius 1 is 1.22 bits per heavy atom. The molecule has 2 aromatic rings. The highest BCUT2D eigenvalue weighted by atomic mass is 32.2. The number of methoxy groups -OCH3 is 1. The Morgan fingerprint density at radius 3 is 2.78 bits per heavy atom. The Bertz CT molecular complexity index is 940. The van der Waals surface area contributed by atoms with Crippen molar-refractivity contribution in [2.75, 3.05) is 13.7 Å². The first-order valence-electron chi connectivity index (χ1n) is 7.98. The lowest BCUT2D eigenvalue weighted by atomic mass is 10.2. The molecule has 1 fully saturated rings. The molecule has 3 N–H and O–H groups in total. The number of ether oxygens (including phenoxy) is 2. The van der Waals surface area contributed by atoms with E-state index in [9.17, 15) is 9.59 Å². The highest BCUT2D eigenvalue weighted by Crippen LogP contribution is 2.30. The summed E-state index contributed by atoms with van der Waals surface area (Å²) < 4.78 is 10.5. The summed E-state index contributed by atoms with van der Waals surface area (Å²) >= 11 is 1.06. The summed E-state index contributed by atoms with van der Waals surface area (Å²) in [6.07, 6.45) is 1.82. The Kier molecular flexibility index (Phi) is 5.77. The van der Waals surface area contributed by atoms with E-state index in [1.165, 1.54) is 0 Å². The lowest BCUT2D eigenvalue weighted by Crippen LogP contribution is -2.20. The van der Waals surface area contributed by atoms with Crippen molar-refractivity contribution in [3.63, 3.8) is 0 Å². The van der Waals surface area contributed by atoms with Crippen LogP contribution in [-0.2, 0) is 4.79 Å². The first-order valence-corrected chi connectivity index (χ1v) is 8.80. The van der Waals surface area contributed by atoms with Crippen molar-refractivity contribution < 1.29 is 19.1 Å². The van der Waals surface area contributed by atoms with Gasteiger partial charge in [0.15, 0.2) is 6.61 Å². The zero-order valence-corrected chi connectivity index (χ0v) is 15.3. The van der Waals surface area contributed by atoms with E-state index in [2.05, 4.69) is 10.3 Å². The van der Waals surface area contributed by atoms with E-state index in [-0.39, 0.29) is 11.8 Å². The number of carbonyl (C=O) groups excluding carboxylic acids is 2. The van der Waals surface area contributed by atoms with Crippen molar-refractivity contribution in [2.24, 2.45) is 10.7 Å². The van der Waals surface area contributed by atoms with Gasteiger partial charge < -0.3 is 20.5 Å². The summed E-state index contributed by atoms with van der Waals surface area (Å²) in [6, 6.07) is 14.4. The van der Waals surface area contributed by atoms with Crippen LogP contribution in [0.25, 0.3) is 6.08 Å². The molecule has 1 saturated heterocycles. The zero-order chi connectivity index (χ0) is 19.2. The van der Waals surface area contributed by atoms with Gasteiger partial charge in [0.2, 0.25) is 0 Å². The fourth-order valence-corrected chi connectivity index (χ4v) is 3.06. The third-order valence-corrected chi connectivity index (χ3v) is 4.31. The maximum Gasteiger partial charge on any atom is 0.289 e. The predicted molar refractivity (Wildman–Crippen MR) is 105 cm³/mol. The summed E-state index contributed by atoms with van der Waals surface area (Å²) in [4.78, 5) is 27.9. The minimum Gasteiger partial charge on any atom is -0.497 e. The molecule has 0 aliphatic carbocycles. The monoisotopic (exact) mass is 383 g/mol.